The maximum Gasteiger partial charge on any atom is 0.136 e. The fraction of sp³-hybridized carbons (Fsp3) is 0. The van der Waals surface area contributed by atoms with Gasteiger partial charge in [-0.2, -0.15) is 0 Å². The number of aromatic nitrogens is 1. The standard InChI is InChI=1S/C45H28N2O2/c1-2-8-29(9-3-1)30-14-19-33(20-15-30)47(35-23-25-43-39(26-35)36-10-4-6-12-41(36)48-43)34-21-16-31(17-22-34)40-27-38-32(28-46-40)18-24-44-45(38)37-11-5-7-13-42(37)49-44/h1-28H. The van der Waals surface area contributed by atoms with E-state index in [4.69, 9.17) is 13.8 Å². The molecule has 3 heterocycles. The van der Waals surface area contributed by atoms with Crippen LogP contribution in [0.3, 0.4) is 0 Å². The van der Waals surface area contributed by atoms with Crippen LogP contribution in [0.2, 0.25) is 0 Å². The summed E-state index contributed by atoms with van der Waals surface area (Å²) in [4.78, 5) is 7.18. The van der Waals surface area contributed by atoms with Crippen LogP contribution in [0.15, 0.2) is 179 Å². The molecule has 4 heteroatoms. The average molecular weight is 629 g/mol. The fourth-order valence-electron chi connectivity index (χ4n) is 7.11. The molecule has 0 radical (unpaired) electrons. The maximum atomic E-state index is 6.18. The van der Waals surface area contributed by atoms with E-state index in [1.807, 2.05) is 42.6 Å². The molecule has 0 amide bonds. The normalized spacial score (nSPS) is 11.7. The molecule has 7 aromatic carbocycles. The molecule has 3 aromatic heterocycles. The minimum atomic E-state index is 0.876. The molecule has 0 N–H and O–H groups in total. The van der Waals surface area contributed by atoms with E-state index >= 15 is 0 Å². The zero-order valence-corrected chi connectivity index (χ0v) is 26.4. The Morgan fingerprint density at radius 2 is 0.959 bits per heavy atom. The lowest BCUT2D eigenvalue weighted by molar-refractivity contribution is 0.668. The number of hydrogen-bond donors (Lipinski definition) is 0. The molecule has 0 spiro atoms. The van der Waals surface area contributed by atoms with Gasteiger partial charge in [0.2, 0.25) is 0 Å². The summed E-state index contributed by atoms with van der Waals surface area (Å²) in [5, 5.41) is 6.67. The molecular formula is C45H28N2O2. The van der Waals surface area contributed by atoms with Crippen LogP contribution in [0.5, 0.6) is 0 Å². The van der Waals surface area contributed by atoms with Crippen molar-refractivity contribution < 1.29 is 8.83 Å². The summed E-state index contributed by atoms with van der Waals surface area (Å²) < 4.78 is 12.4. The molecule has 230 valence electrons. The van der Waals surface area contributed by atoms with Gasteiger partial charge in [0, 0.05) is 55.8 Å². The maximum absolute atomic E-state index is 6.18. The van der Waals surface area contributed by atoms with E-state index in [9.17, 15) is 0 Å². The van der Waals surface area contributed by atoms with Gasteiger partial charge in [0.05, 0.1) is 5.69 Å². The van der Waals surface area contributed by atoms with Crippen molar-refractivity contribution >= 4 is 71.7 Å². The summed E-state index contributed by atoms with van der Waals surface area (Å²) >= 11 is 0. The zero-order valence-electron chi connectivity index (χ0n) is 26.4. The summed E-state index contributed by atoms with van der Waals surface area (Å²) in [6.45, 7) is 0. The summed E-state index contributed by atoms with van der Waals surface area (Å²) in [6, 6.07) is 57.1. The number of furan rings is 2. The van der Waals surface area contributed by atoms with E-state index in [1.165, 1.54) is 11.1 Å². The molecule has 4 nitrogen and oxygen atoms in total. The van der Waals surface area contributed by atoms with Crippen LogP contribution in [0.1, 0.15) is 0 Å². The number of para-hydroxylation sites is 2. The molecule has 10 rings (SSSR count). The van der Waals surface area contributed by atoms with Crippen LogP contribution in [-0.4, -0.2) is 4.98 Å². The third-order valence-electron chi connectivity index (χ3n) is 9.51. The molecule has 10 aromatic rings. The topological polar surface area (TPSA) is 42.4 Å². The second-order valence-electron chi connectivity index (χ2n) is 12.4. The molecule has 0 aliphatic rings. The molecule has 0 saturated carbocycles. The average Bonchev–Trinajstić information content (AvgIpc) is 3.74. The van der Waals surface area contributed by atoms with E-state index in [2.05, 4.69) is 132 Å². The van der Waals surface area contributed by atoms with Crippen LogP contribution >= 0.6 is 0 Å². The van der Waals surface area contributed by atoms with Crippen LogP contribution in [0.25, 0.3) is 77.0 Å². The highest BCUT2D eigenvalue weighted by Crippen LogP contribution is 2.40. The largest absolute Gasteiger partial charge is 0.456 e. The molecule has 0 fully saturated rings. The number of fused-ring (bicyclic) bond motifs is 8. The van der Waals surface area contributed by atoms with Gasteiger partial charge in [-0.1, -0.05) is 91.0 Å². The Balaban J connectivity index is 1.09. The molecule has 49 heavy (non-hydrogen) atoms. The second kappa shape index (κ2) is 11.0. The van der Waals surface area contributed by atoms with Gasteiger partial charge in [-0.15, -0.1) is 0 Å². The molecule has 0 unspecified atom stereocenters. The van der Waals surface area contributed by atoms with Crippen molar-refractivity contribution in [1.82, 2.24) is 4.98 Å². The van der Waals surface area contributed by atoms with Crippen molar-refractivity contribution in [3.8, 4) is 22.4 Å². The third kappa shape index (κ3) is 4.57. The van der Waals surface area contributed by atoms with Crippen molar-refractivity contribution in [2.75, 3.05) is 4.90 Å². The molecule has 0 saturated heterocycles. The summed E-state index contributed by atoms with van der Waals surface area (Å²) in [5.41, 5.74) is 11.1. The number of benzene rings is 7. The Bertz CT molecular complexity index is 2810. The Labute approximate surface area is 282 Å². The number of anilines is 3. The summed E-state index contributed by atoms with van der Waals surface area (Å²) in [6.07, 6.45) is 1.96. The van der Waals surface area contributed by atoms with Gasteiger partial charge >= 0.3 is 0 Å². The van der Waals surface area contributed by atoms with Gasteiger partial charge in [-0.05, 0) is 89.3 Å². The minimum absolute atomic E-state index is 0.876. The van der Waals surface area contributed by atoms with Crippen LogP contribution in [0, 0.1) is 0 Å². The number of rotatable bonds is 5. The Morgan fingerprint density at radius 3 is 1.73 bits per heavy atom. The van der Waals surface area contributed by atoms with Gasteiger partial charge < -0.3 is 13.7 Å². The number of nitrogens with zero attached hydrogens (tertiary/aromatic N) is 2. The van der Waals surface area contributed by atoms with E-state index in [0.29, 0.717) is 0 Å². The Kier molecular flexibility index (Phi) is 6.15. The van der Waals surface area contributed by atoms with Gasteiger partial charge in [0.15, 0.2) is 0 Å². The van der Waals surface area contributed by atoms with Gasteiger partial charge in [0.1, 0.15) is 22.3 Å². The van der Waals surface area contributed by atoms with E-state index in [0.717, 1.165) is 83.0 Å². The predicted octanol–water partition coefficient (Wildman–Crippen LogP) is 12.8. The van der Waals surface area contributed by atoms with E-state index in [1.54, 1.807) is 0 Å². The lowest BCUT2D eigenvalue weighted by Gasteiger charge is -2.26. The highest BCUT2D eigenvalue weighted by atomic mass is 16.3. The smallest absolute Gasteiger partial charge is 0.136 e. The van der Waals surface area contributed by atoms with Crippen molar-refractivity contribution in [3.05, 3.63) is 170 Å². The van der Waals surface area contributed by atoms with Crippen LogP contribution in [0.4, 0.5) is 17.1 Å². The lowest BCUT2D eigenvalue weighted by Crippen LogP contribution is -2.09. The SMILES string of the molecule is c1ccc(-c2ccc(N(c3ccc(-c4cc5c(ccc6oc7ccccc7c65)cn4)cc3)c3ccc4oc5ccccc5c4c3)cc2)cc1. The third-order valence-corrected chi connectivity index (χ3v) is 9.51. The monoisotopic (exact) mass is 628 g/mol. The highest BCUT2D eigenvalue weighted by molar-refractivity contribution is 6.19. The first-order chi connectivity index (χ1) is 24.3. The number of pyridine rings is 1. The van der Waals surface area contributed by atoms with E-state index in [-0.39, 0.29) is 0 Å². The Morgan fingerprint density at radius 1 is 0.388 bits per heavy atom. The van der Waals surface area contributed by atoms with Crippen molar-refractivity contribution in [3.63, 3.8) is 0 Å². The second-order valence-corrected chi connectivity index (χ2v) is 12.4. The molecular weight excluding hydrogens is 601 g/mol. The first-order valence-electron chi connectivity index (χ1n) is 16.4. The van der Waals surface area contributed by atoms with Crippen molar-refractivity contribution in [1.29, 1.82) is 0 Å². The van der Waals surface area contributed by atoms with Gasteiger partial charge in [-0.3, -0.25) is 4.98 Å². The lowest BCUT2D eigenvalue weighted by atomic mass is 10.0. The van der Waals surface area contributed by atoms with Crippen molar-refractivity contribution in [2.24, 2.45) is 0 Å². The molecule has 0 atom stereocenters. The minimum Gasteiger partial charge on any atom is -0.456 e. The van der Waals surface area contributed by atoms with Gasteiger partial charge in [0.25, 0.3) is 0 Å². The quantitative estimate of drug-likeness (QED) is 0.190. The summed E-state index contributed by atoms with van der Waals surface area (Å²) in [5.74, 6) is 0. The zero-order chi connectivity index (χ0) is 32.3. The Hall–Kier alpha value is -6.65. The molecule has 0 aliphatic heterocycles. The van der Waals surface area contributed by atoms with Crippen molar-refractivity contribution in [2.45, 2.75) is 0 Å². The van der Waals surface area contributed by atoms with Crippen LogP contribution in [-0.2, 0) is 0 Å². The number of hydrogen-bond acceptors (Lipinski definition) is 4. The fourth-order valence-corrected chi connectivity index (χ4v) is 7.11. The van der Waals surface area contributed by atoms with Gasteiger partial charge in [-0.25, -0.2) is 0 Å². The molecule has 0 bridgehead atoms. The van der Waals surface area contributed by atoms with Crippen LogP contribution < -0.4 is 4.90 Å². The highest BCUT2D eigenvalue weighted by Gasteiger charge is 2.17. The predicted molar refractivity (Wildman–Crippen MR) is 202 cm³/mol. The summed E-state index contributed by atoms with van der Waals surface area (Å²) in [7, 11) is 0. The molecule has 0 aliphatic carbocycles. The first-order valence-corrected chi connectivity index (χ1v) is 16.4. The first kappa shape index (κ1) is 27.5. The van der Waals surface area contributed by atoms with E-state index < -0.39 is 0 Å².